The van der Waals surface area contributed by atoms with Crippen LogP contribution in [0.5, 0.6) is 0 Å². The Morgan fingerprint density at radius 1 is 1.41 bits per heavy atom. The molecule has 3 N–H and O–H groups in total. The van der Waals surface area contributed by atoms with E-state index < -0.39 is 17.2 Å². The molecule has 1 aromatic heterocycles. The molecule has 0 amide bonds. The number of rotatable bonds is 1. The zero-order valence-electron chi connectivity index (χ0n) is 14.4. The lowest BCUT2D eigenvalue weighted by molar-refractivity contribution is 0.0690. The summed E-state index contributed by atoms with van der Waals surface area (Å²) < 4.78 is 22.8. The molecule has 27 heavy (non-hydrogen) atoms. The van der Waals surface area contributed by atoms with Gasteiger partial charge in [-0.3, -0.25) is 4.79 Å². The lowest BCUT2D eigenvalue weighted by atomic mass is 10.0. The Hall–Kier alpha value is -2.10. The Balaban J connectivity index is 1.89. The number of halogens is 1. The van der Waals surface area contributed by atoms with Gasteiger partial charge in [0.05, 0.1) is 40.9 Å². The fraction of sp³-hybridized carbons (Fsp3) is 0.444. The summed E-state index contributed by atoms with van der Waals surface area (Å²) in [5.41, 5.74) is 6.89. The number of benzene rings is 1. The molecule has 2 aromatic rings. The molecule has 0 bridgehead atoms. The molecule has 2 atom stereocenters. The van der Waals surface area contributed by atoms with Gasteiger partial charge in [-0.25, -0.2) is 9.18 Å². The van der Waals surface area contributed by atoms with E-state index in [1.54, 1.807) is 0 Å². The number of pyridine rings is 1. The van der Waals surface area contributed by atoms with Crippen molar-refractivity contribution >= 4 is 34.3 Å². The first-order valence-corrected chi connectivity index (χ1v) is 9.85. The first-order chi connectivity index (χ1) is 13.0. The molecule has 1 fully saturated rings. The Labute approximate surface area is 157 Å². The maximum Gasteiger partial charge on any atom is 0.342 e. The second-order valence-corrected chi connectivity index (χ2v) is 8.21. The first kappa shape index (κ1) is 17.0. The number of aromatic nitrogens is 1. The quantitative estimate of drug-likeness (QED) is 0.758. The van der Waals surface area contributed by atoms with Crippen LogP contribution in [0.4, 0.5) is 10.1 Å². The van der Waals surface area contributed by atoms with Gasteiger partial charge < -0.3 is 25.0 Å². The smallest absolute Gasteiger partial charge is 0.342 e. The van der Waals surface area contributed by atoms with E-state index in [4.69, 9.17) is 10.5 Å². The lowest BCUT2D eigenvalue weighted by Gasteiger charge is -2.28. The fourth-order valence-corrected chi connectivity index (χ4v) is 5.65. The topological polar surface area (TPSA) is 97.8 Å². The zero-order chi connectivity index (χ0) is 18.9. The van der Waals surface area contributed by atoms with E-state index in [0.717, 1.165) is 6.42 Å². The van der Waals surface area contributed by atoms with Crippen LogP contribution in [0.1, 0.15) is 22.3 Å². The van der Waals surface area contributed by atoms with Crippen LogP contribution < -0.4 is 16.1 Å². The van der Waals surface area contributed by atoms with Crippen LogP contribution in [0, 0.1) is 5.82 Å². The minimum atomic E-state index is -1.28. The van der Waals surface area contributed by atoms with E-state index in [2.05, 4.69) is 0 Å². The van der Waals surface area contributed by atoms with Gasteiger partial charge in [0, 0.05) is 30.4 Å². The van der Waals surface area contributed by atoms with Crippen LogP contribution in [0.25, 0.3) is 10.9 Å². The molecule has 0 radical (unpaired) electrons. The van der Waals surface area contributed by atoms with Gasteiger partial charge in [0.2, 0.25) is 5.43 Å². The van der Waals surface area contributed by atoms with Crippen molar-refractivity contribution in [2.75, 3.05) is 23.8 Å². The Bertz CT molecular complexity index is 1050. The van der Waals surface area contributed by atoms with Crippen molar-refractivity contribution in [3.05, 3.63) is 33.2 Å². The zero-order valence-corrected chi connectivity index (χ0v) is 15.2. The second-order valence-electron chi connectivity index (χ2n) is 7.12. The number of carboxylic acids is 1. The van der Waals surface area contributed by atoms with Crippen molar-refractivity contribution in [3.63, 3.8) is 0 Å². The van der Waals surface area contributed by atoms with E-state index in [0.29, 0.717) is 47.2 Å². The molecule has 0 unspecified atom stereocenters. The monoisotopic (exact) mass is 391 g/mol. The molecule has 7 nitrogen and oxygen atoms in total. The second kappa shape index (κ2) is 5.95. The normalized spacial score (nSPS) is 23.9. The van der Waals surface area contributed by atoms with Crippen LogP contribution in [0.3, 0.4) is 0 Å². The van der Waals surface area contributed by atoms with Crippen molar-refractivity contribution in [1.82, 2.24) is 4.57 Å². The van der Waals surface area contributed by atoms with Crippen molar-refractivity contribution in [2.24, 2.45) is 5.73 Å². The first-order valence-electron chi connectivity index (χ1n) is 8.87. The lowest BCUT2D eigenvalue weighted by Crippen LogP contribution is -2.42. The molecule has 5 rings (SSSR count). The predicted molar refractivity (Wildman–Crippen MR) is 99.2 cm³/mol. The van der Waals surface area contributed by atoms with Gasteiger partial charge in [0.25, 0.3) is 0 Å². The highest BCUT2D eigenvalue weighted by Gasteiger charge is 2.38. The number of carboxylic acid groups (broad SMARTS) is 1. The Morgan fingerprint density at radius 2 is 2.22 bits per heavy atom. The Morgan fingerprint density at radius 3 is 3.00 bits per heavy atom. The van der Waals surface area contributed by atoms with Gasteiger partial charge in [-0.2, -0.15) is 0 Å². The summed E-state index contributed by atoms with van der Waals surface area (Å²) in [4.78, 5) is 26.5. The highest BCUT2D eigenvalue weighted by molar-refractivity contribution is 7.99. The summed E-state index contributed by atoms with van der Waals surface area (Å²) in [6.45, 7) is 1.76. The third kappa shape index (κ3) is 2.28. The molecule has 9 heteroatoms. The molecule has 142 valence electrons. The highest BCUT2D eigenvalue weighted by atomic mass is 32.2. The van der Waals surface area contributed by atoms with Crippen molar-refractivity contribution in [1.29, 1.82) is 0 Å². The van der Waals surface area contributed by atoms with Crippen LogP contribution in [0.15, 0.2) is 15.9 Å². The molecule has 3 aliphatic heterocycles. The number of aromatic carboxylic acids is 1. The Kier molecular flexibility index (Phi) is 3.75. The molecule has 3 aliphatic rings. The minimum Gasteiger partial charge on any atom is -0.477 e. The maximum absolute atomic E-state index is 15.2. The number of carbonyl (C=O) groups is 1. The number of ether oxygens (including phenoxy) is 1. The SMILES string of the molecule is N[C@@H]1CCN2c3c(F)cc4c(=O)c(C(=O)O)c5n(c4c3COC[C@H]12)CCS5. The average Bonchev–Trinajstić information content (AvgIpc) is 3.17. The molecule has 0 spiro atoms. The van der Waals surface area contributed by atoms with Crippen molar-refractivity contribution < 1.29 is 19.0 Å². The number of anilines is 1. The van der Waals surface area contributed by atoms with E-state index in [1.165, 1.54) is 17.8 Å². The van der Waals surface area contributed by atoms with Crippen LogP contribution in [0.2, 0.25) is 0 Å². The molecule has 0 saturated carbocycles. The third-order valence-corrected chi connectivity index (χ3v) is 6.80. The number of hydrogen-bond donors (Lipinski definition) is 2. The van der Waals surface area contributed by atoms with Gasteiger partial charge in [-0.15, -0.1) is 11.8 Å². The van der Waals surface area contributed by atoms with Gasteiger partial charge in [0.15, 0.2) is 0 Å². The number of aryl methyl sites for hydroxylation is 1. The molecule has 1 aromatic carbocycles. The maximum atomic E-state index is 15.2. The van der Waals surface area contributed by atoms with Crippen molar-refractivity contribution in [3.8, 4) is 0 Å². The number of nitrogens with zero attached hydrogens (tertiary/aromatic N) is 2. The summed E-state index contributed by atoms with van der Waals surface area (Å²) in [5, 5.41) is 10.1. The molecular formula is C18H18FN3O4S. The predicted octanol–water partition coefficient (Wildman–Crippen LogP) is 1.38. The van der Waals surface area contributed by atoms with Crippen LogP contribution in [-0.2, 0) is 17.9 Å². The van der Waals surface area contributed by atoms with Gasteiger partial charge in [0.1, 0.15) is 11.4 Å². The summed E-state index contributed by atoms with van der Waals surface area (Å²) in [5.74, 6) is -1.14. The van der Waals surface area contributed by atoms with Gasteiger partial charge in [-0.1, -0.05) is 0 Å². The highest BCUT2D eigenvalue weighted by Crippen LogP contribution is 2.40. The minimum absolute atomic E-state index is 0.0931. The summed E-state index contributed by atoms with van der Waals surface area (Å²) in [6, 6.07) is 0.992. The van der Waals surface area contributed by atoms with Gasteiger partial charge >= 0.3 is 5.97 Å². The van der Waals surface area contributed by atoms with E-state index in [9.17, 15) is 14.7 Å². The van der Waals surface area contributed by atoms with E-state index in [-0.39, 0.29) is 29.6 Å². The largest absolute Gasteiger partial charge is 0.477 e. The van der Waals surface area contributed by atoms with E-state index in [1.807, 2.05) is 9.47 Å². The van der Waals surface area contributed by atoms with E-state index >= 15 is 4.39 Å². The molecule has 4 heterocycles. The third-order valence-electron chi connectivity index (χ3n) is 5.71. The number of fused-ring (bicyclic) bond motifs is 7. The number of thioether (sulfide) groups is 1. The molecule has 0 aliphatic carbocycles. The average molecular weight is 391 g/mol. The summed E-state index contributed by atoms with van der Waals surface area (Å²) >= 11 is 1.35. The van der Waals surface area contributed by atoms with Crippen LogP contribution >= 0.6 is 11.8 Å². The standard InChI is InChI=1S/C18H18FN3O4S/c19-10-5-8-14(22-3-4-27-17(22)13(16(8)23)18(24)25)9-6-26-7-12-11(20)1-2-21(12)15(9)10/h5,11-12H,1-4,6-7,20H2,(H,24,25)/t11-,12-/m1/s1. The molecular weight excluding hydrogens is 373 g/mol. The van der Waals surface area contributed by atoms with Crippen molar-refractivity contribution in [2.45, 2.75) is 36.7 Å². The number of hydrogen-bond acceptors (Lipinski definition) is 6. The molecule has 1 saturated heterocycles. The number of nitrogens with two attached hydrogens (primary N) is 1. The van der Waals surface area contributed by atoms with Crippen LogP contribution in [-0.4, -0.2) is 46.6 Å². The summed E-state index contributed by atoms with van der Waals surface area (Å²) in [7, 11) is 0. The van der Waals surface area contributed by atoms with Gasteiger partial charge in [-0.05, 0) is 12.5 Å². The summed E-state index contributed by atoms with van der Waals surface area (Å²) in [6.07, 6.45) is 0.747. The fourth-order valence-electron chi connectivity index (χ4n) is 4.52.